The van der Waals surface area contributed by atoms with Gasteiger partial charge in [0.25, 0.3) is 0 Å². The van der Waals surface area contributed by atoms with Gasteiger partial charge in [-0.1, -0.05) is 39.8 Å². The molecule has 0 aliphatic carbocycles. The molecule has 0 saturated carbocycles. The van der Waals surface area contributed by atoms with Crippen molar-refractivity contribution >= 4 is 0 Å². The van der Waals surface area contributed by atoms with Crippen molar-refractivity contribution in [2.24, 2.45) is 0 Å². The second-order valence-electron chi connectivity index (χ2n) is 6.37. The molecule has 0 amide bonds. The predicted molar refractivity (Wildman–Crippen MR) is 76.4 cm³/mol. The molecule has 100 valence electrons. The minimum Gasteiger partial charge on any atom is -0.507 e. The summed E-state index contributed by atoms with van der Waals surface area (Å²) in [6.07, 6.45) is 2.15. The van der Waals surface area contributed by atoms with E-state index in [9.17, 15) is 5.11 Å². The molecular weight excluding hydrogens is 222 g/mol. The number of nitrogens with one attached hydrogen (secondary N) is 1. The minimum absolute atomic E-state index is 0.00392. The number of benzene rings is 1. The van der Waals surface area contributed by atoms with Crippen molar-refractivity contribution < 1.29 is 5.11 Å². The molecule has 2 rings (SSSR count). The molecule has 1 fully saturated rings. The zero-order valence-electron chi connectivity index (χ0n) is 12.0. The second kappa shape index (κ2) is 4.93. The largest absolute Gasteiger partial charge is 0.507 e. The first-order chi connectivity index (χ1) is 8.43. The van der Waals surface area contributed by atoms with Crippen LogP contribution in [-0.2, 0) is 11.8 Å². The van der Waals surface area contributed by atoms with E-state index in [-0.39, 0.29) is 5.41 Å². The number of rotatable bonds is 2. The molecule has 2 nitrogen and oxygen atoms in total. The lowest BCUT2D eigenvalue weighted by Gasteiger charge is -2.25. The van der Waals surface area contributed by atoms with Crippen LogP contribution in [0.25, 0.3) is 0 Å². The standard InChI is InChI=1S/C16H25NO/c1-5-11-8-13(12-6-7-17-10-12)15(18)14(9-11)16(2,3)4/h8-9,12,17-18H,5-7,10H2,1-4H3. The molecule has 1 unspecified atom stereocenters. The number of aryl methyl sites for hydroxylation is 1. The highest BCUT2D eigenvalue weighted by molar-refractivity contribution is 5.49. The maximum atomic E-state index is 10.6. The van der Waals surface area contributed by atoms with Gasteiger partial charge in [-0.15, -0.1) is 0 Å². The maximum Gasteiger partial charge on any atom is 0.122 e. The Morgan fingerprint density at radius 2 is 2.06 bits per heavy atom. The number of hydrogen-bond donors (Lipinski definition) is 2. The Labute approximate surface area is 110 Å². The van der Waals surface area contributed by atoms with Crippen LogP contribution in [0.4, 0.5) is 0 Å². The molecule has 0 aromatic heterocycles. The molecule has 0 spiro atoms. The van der Waals surface area contributed by atoms with Crippen molar-refractivity contribution in [2.75, 3.05) is 13.1 Å². The average molecular weight is 247 g/mol. The molecule has 2 heteroatoms. The van der Waals surface area contributed by atoms with Crippen LogP contribution in [0.5, 0.6) is 5.75 Å². The molecule has 18 heavy (non-hydrogen) atoms. The molecule has 0 radical (unpaired) electrons. The van der Waals surface area contributed by atoms with Crippen molar-refractivity contribution in [1.82, 2.24) is 5.32 Å². The van der Waals surface area contributed by atoms with E-state index in [2.05, 4.69) is 45.1 Å². The lowest BCUT2D eigenvalue weighted by molar-refractivity contribution is 0.435. The van der Waals surface area contributed by atoms with E-state index in [4.69, 9.17) is 0 Å². The lowest BCUT2D eigenvalue weighted by atomic mass is 9.81. The molecule has 1 aromatic rings. The molecule has 2 N–H and O–H groups in total. The van der Waals surface area contributed by atoms with E-state index in [1.165, 1.54) is 5.56 Å². The molecule has 0 bridgehead atoms. The van der Waals surface area contributed by atoms with Gasteiger partial charge in [-0.05, 0) is 41.5 Å². The topological polar surface area (TPSA) is 32.3 Å². The third-order valence-electron chi connectivity index (χ3n) is 3.92. The van der Waals surface area contributed by atoms with Crippen LogP contribution in [0.15, 0.2) is 12.1 Å². The SMILES string of the molecule is CCc1cc(C2CCNC2)c(O)c(C(C)(C)C)c1. The summed E-state index contributed by atoms with van der Waals surface area (Å²) in [7, 11) is 0. The fraction of sp³-hybridized carbons (Fsp3) is 0.625. The third kappa shape index (κ3) is 2.54. The van der Waals surface area contributed by atoms with Crippen LogP contribution >= 0.6 is 0 Å². The summed E-state index contributed by atoms with van der Waals surface area (Å²) in [5, 5.41) is 14.0. The van der Waals surface area contributed by atoms with E-state index in [1.807, 2.05) is 0 Å². The van der Waals surface area contributed by atoms with Crippen LogP contribution in [0.2, 0.25) is 0 Å². The van der Waals surface area contributed by atoms with Crippen molar-refractivity contribution in [3.05, 3.63) is 28.8 Å². The van der Waals surface area contributed by atoms with Gasteiger partial charge >= 0.3 is 0 Å². The first kappa shape index (κ1) is 13.4. The summed E-state index contributed by atoms with van der Waals surface area (Å²) < 4.78 is 0. The van der Waals surface area contributed by atoms with Gasteiger partial charge < -0.3 is 10.4 Å². The monoisotopic (exact) mass is 247 g/mol. The Bertz CT molecular complexity index is 425. The van der Waals surface area contributed by atoms with Crippen LogP contribution in [0, 0.1) is 0 Å². The highest BCUT2D eigenvalue weighted by Gasteiger charge is 2.26. The number of aromatic hydroxyl groups is 1. The predicted octanol–water partition coefficient (Wildman–Crippen LogP) is 3.33. The van der Waals surface area contributed by atoms with Crippen LogP contribution in [0.3, 0.4) is 0 Å². The fourth-order valence-electron chi connectivity index (χ4n) is 2.73. The molecule has 1 atom stereocenters. The molecule has 1 aromatic carbocycles. The van der Waals surface area contributed by atoms with Gasteiger partial charge in [-0.25, -0.2) is 0 Å². The summed E-state index contributed by atoms with van der Waals surface area (Å²) in [6, 6.07) is 4.36. The van der Waals surface area contributed by atoms with Crippen molar-refractivity contribution in [3.8, 4) is 5.75 Å². The summed E-state index contributed by atoms with van der Waals surface area (Å²) in [4.78, 5) is 0. The Kier molecular flexibility index (Phi) is 3.67. The first-order valence-electron chi connectivity index (χ1n) is 7.00. The number of phenolic OH excluding ortho intramolecular Hbond substituents is 1. The Morgan fingerprint density at radius 3 is 2.56 bits per heavy atom. The van der Waals surface area contributed by atoms with Crippen LogP contribution < -0.4 is 5.32 Å². The maximum absolute atomic E-state index is 10.6. The number of hydrogen-bond acceptors (Lipinski definition) is 2. The van der Waals surface area contributed by atoms with Crippen LogP contribution in [-0.4, -0.2) is 18.2 Å². The van der Waals surface area contributed by atoms with Crippen molar-refractivity contribution in [1.29, 1.82) is 0 Å². The molecule has 1 aliphatic rings. The van der Waals surface area contributed by atoms with E-state index in [0.29, 0.717) is 11.7 Å². The average Bonchev–Trinajstić information content (AvgIpc) is 2.81. The van der Waals surface area contributed by atoms with E-state index in [0.717, 1.165) is 37.1 Å². The quantitative estimate of drug-likeness (QED) is 0.840. The minimum atomic E-state index is -0.00392. The third-order valence-corrected chi connectivity index (χ3v) is 3.92. The van der Waals surface area contributed by atoms with E-state index >= 15 is 0 Å². The van der Waals surface area contributed by atoms with Gasteiger partial charge in [0, 0.05) is 12.5 Å². The summed E-state index contributed by atoms with van der Waals surface area (Å²) in [5.74, 6) is 0.992. The zero-order chi connectivity index (χ0) is 13.3. The highest BCUT2D eigenvalue weighted by atomic mass is 16.3. The Balaban J connectivity index is 2.51. The zero-order valence-corrected chi connectivity index (χ0v) is 12.0. The Hall–Kier alpha value is -1.02. The summed E-state index contributed by atoms with van der Waals surface area (Å²) in [5.41, 5.74) is 3.56. The van der Waals surface area contributed by atoms with Gasteiger partial charge in [-0.3, -0.25) is 0 Å². The fourth-order valence-corrected chi connectivity index (χ4v) is 2.73. The van der Waals surface area contributed by atoms with Crippen LogP contribution in [0.1, 0.15) is 56.7 Å². The molecule has 1 aliphatic heterocycles. The molecule has 1 saturated heterocycles. The van der Waals surface area contributed by atoms with Crippen molar-refractivity contribution in [2.45, 2.75) is 51.9 Å². The van der Waals surface area contributed by atoms with Gasteiger partial charge in [0.05, 0.1) is 0 Å². The van der Waals surface area contributed by atoms with E-state index in [1.54, 1.807) is 0 Å². The van der Waals surface area contributed by atoms with Gasteiger partial charge in [-0.2, -0.15) is 0 Å². The Morgan fingerprint density at radius 1 is 1.33 bits per heavy atom. The first-order valence-corrected chi connectivity index (χ1v) is 7.00. The van der Waals surface area contributed by atoms with Gasteiger partial charge in [0.2, 0.25) is 0 Å². The summed E-state index contributed by atoms with van der Waals surface area (Å²) >= 11 is 0. The van der Waals surface area contributed by atoms with E-state index < -0.39 is 0 Å². The summed E-state index contributed by atoms with van der Waals surface area (Å²) in [6.45, 7) is 10.7. The second-order valence-corrected chi connectivity index (χ2v) is 6.37. The highest BCUT2D eigenvalue weighted by Crippen LogP contribution is 2.39. The smallest absolute Gasteiger partial charge is 0.122 e. The van der Waals surface area contributed by atoms with Gasteiger partial charge in [0.1, 0.15) is 5.75 Å². The van der Waals surface area contributed by atoms with Crippen molar-refractivity contribution in [3.63, 3.8) is 0 Å². The molecular formula is C16H25NO. The number of phenols is 1. The van der Waals surface area contributed by atoms with Gasteiger partial charge in [0.15, 0.2) is 0 Å². The lowest BCUT2D eigenvalue weighted by Crippen LogP contribution is -2.14. The molecule has 1 heterocycles. The normalized spacial score (nSPS) is 20.3.